The van der Waals surface area contributed by atoms with E-state index in [1.54, 1.807) is 30.5 Å². The van der Waals surface area contributed by atoms with E-state index in [9.17, 15) is 24.4 Å². The van der Waals surface area contributed by atoms with Gasteiger partial charge in [0, 0.05) is 87.1 Å². The van der Waals surface area contributed by atoms with E-state index in [-0.39, 0.29) is 53.2 Å². The van der Waals surface area contributed by atoms with Gasteiger partial charge in [0.1, 0.15) is 35.3 Å². The Morgan fingerprint density at radius 3 is 2.35 bits per heavy atom. The highest BCUT2D eigenvalue weighted by molar-refractivity contribution is 6.31. The van der Waals surface area contributed by atoms with Crippen molar-refractivity contribution in [2.75, 3.05) is 55.6 Å². The Kier molecular flexibility index (Phi) is 10.7. The number of piperidine rings is 3. The summed E-state index contributed by atoms with van der Waals surface area (Å²) < 4.78 is 7.48. The molecule has 3 amide bonds. The van der Waals surface area contributed by atoms with Crippen LogP contribution in [0, 0.1) is 33.5 Å². The predicted molar refractivity (Wildman–Crippen MR) is 234 cm³/mol. The number of nitrogens with zero attached hydrogens (tertiary/aromatic N) is 8. The zero-order valence-corrected chi connectivity index (χ0v) is 36.5. The van der Waals surface area contributed by atoms with Crippen molar-refractivity contribution in [3.8, 4) is 11.8 Å². The Balaban J connectivity index is 0.714. The first kappa shape index (κ1) is 41.7. The topological polar surface area (TPSA) is 179 Å². The number of hydrogen-bond donors (Lipinski definition) is 2. The van der Waals surface area contributed by atoms with Crippen molar-refractivity contribution in [1.82, 2.24) is 35.5 Å². The second kappa shape index (κ2) is 16.0. The van der Waals surface area contributed by atoms with Crippen molar-refractivity contribution in [1.29, 1.82) is 5.26 Å². The van der Waals surface area contributed by atoms with Gasteiger partial charge in [0.25, 0.3) is 17.4 Å². The zero-order valence-electron chi connectivity index (χ0n) is 35.7. The monoisotopic (exact) mass is 860 g/mol. The van der Waals surface area contributed by atoms with E-state index in [4.69, 9.17) is 21.3 Å². The number of amides is 3. The van der Waals surface area contributed by atoms with Gasteiger partial charge in [0.05, 0.1) is 21.5 Å². The molecule has 0 radical (unpaired) electrons. The Morgan fingerprint density at radius 2 is 1.69 bits per heavy atom. The minimum absolute atomic E-state index is 0.138. The summed E-state index contributed by atoms with van der Waals surface area (Å²) in [5.74, 6) is 1.12. The second-order valence-electron chi connectivity index (χ2n) is 19.3. The molecule has 4 aromatic rings. The summed E-state index contributed by atoms with van der Waals surface area (Å²) in [7, 11) is 0. The standard InChI is InChI=1S/C46H53ClN10O5/c1-44(2)42(45(3,4)43(44)62-32-8-5-29(23-48)34(47)22-32)51-39(59)30-6-11-37(49-24-30)56-17-13-28(14-18-56)25-54-26-46(27-54)15-19-55(20-16-46)31-7-9-33-35(21-31)52-53-57(41(33)61)36-10-12-38(58)50-40(36)60/h5-9,11,21-22,24,28,36,42-43H,10,12-20,25-27H2,1-4H3,(H,51,59)(H,50,58,60)/t36?,42-,43-. The molecule has 2 N–H and O–H groups in total. The zero-order chi connectivity index (χ0) is 43.6. The number of likely N-dealkylation sites (tertiary alicyclic amines) is 1. The summed E-state index contributed by atoms with van der Waals surface area (Å²) in [6.45, 7) is 15.5. The lowest BCUT2D eigenvalue weighted by atomic mass is 9.49. The van der Waals surface area contributed by atoms with Gasteiger partial charge in [0.2, 0.25) is 5.91 Å². The van der Waals surface area contributed by atoms with Crippen molar-refractivity contribution in [2.24, 2.45) is 22.2 Å². The van der Waals surface area contributed by atoms with Gasteiger partial charge in [0.15, 0.2) is 0 Å². The molecule has 324 valence electrons. The third-order valence-electron chi connectivity index (χ3n) is 14.4. The van der Waals surface area contributed by atoms with Crippen LogP contribution in [0.1, 0.15) is 88.2 Å². The summed E-state index contributed by atoms with van der Waals surface area (Å²) >= 11 is 6.26. The predicted octanol–water partition coefficient (Wildman–Crippen LogP) is 5.12. The average molecular weight is 861 g/mol. The average Bonchev–Trinajstić information content (AvgIpc) is 3.25. The fourth-order valence-electron chi connectivity index (χ4n) is 11.2. The smallest absolute Gasteiger partial charge is 0.278 e. The van der Waals surface area contributed by atoms with E-state index in [0.29, 0.717) is 44.1 Å². The molecule has 16 heteroatoms. The number of fused-ring (bicyclic) bond motifs is 1. The minimum Gasteiger partial charge on any atom is -0.489 e. The summed E-state index contributed by atoms with van der Waals surface area (Å²) in [5, 5.41) is 23.9. The third-order valence-corrected chi connectivity index (χ3v) is 14.7. The van der Waals surface area contributed by atoms with Crippen molar-refractivity contribution in [3.05, 3.63) is 81.2 Å². The third kappa shape index (κ3) is 7.65. The molecule has 9 rings (SSSR count). The Morgan fingerprint density at radius 1 is 0.952 bits per heavy atom. The number of carbonyl (C=O) groups is 3. The number of pyridine rings is 1. The van der Waals surface area contributed by atoms with Gasteiger partial charge in [-0.15, -0.1) is 5.10 Å². The van der Waals surface area contributed by atoms with Gasteiger partial charge >= 0.3 is 0 Å². The van der Waals surface area contributed by atoms with Crippen molar-refractivity contribution in [3.63, 3.8) is 0 Å². The minimum atomic E-state index is -0.838. The maximum absolute atomic E-state index is 13.5. The summed E-state index contributed by atoms with van der Waals surface area (Å²) in [6.07, 6.45) is 6.33. The highest BCUT2D eigenvalue weighted by Gasteiger charge is 2.64. The van der Waals surface area contributed by atoms with Crippen LogP contribution in [-0.2, 0) is 9.59 Å². The molecule has 5 aliphatic rings. The maximum atomic E-state index is 13.5. The van der Waals surface area contributed by atoms with E-state index in [1.807, 2.05) is 24.3 Å². The van der Waals surface area contributed by atoms with Gasteiger partial charge in [-0.05, 0) is 85.9 Å². The van der Waals surface area contributed by atoms with E-state index in [2.05, 4.69) is 69.4 Å². The molecule has 4 aliphatic heterocycles. The van der Waals surface area contributed by atoms with Crippen LogP contribution >= 0.6 is 11.6 Å². The van der Waals surface area contributed by atoms with Crippen LogP contribution in [0.5, 0.6) is 5.75 Å². The van der Waals surface area contributed by atoms with E-state index < -0.39 is 11.9 Å². The van der Waals surface area contributed by atoms with E-state index >= 15 is 0 Å². The first-order chi connectivity index (χ1) is 29.6. The molecule has 4 saturated heterocycles. The van der Waals surface area contributed by atoms with Crippen LogP contribution < -0.4 is 30.7 Å². The molecule has 1 saturated carbocycles. The van der Waals surface area contributed by atoms with Crippen LogP contribution in [0.15, 0.2) is 59.5 Å². The molecule has 62 heavy (non-hydrogen) atoms. The molecular formula is C46H53ClN10O5. The highest BCUT2D eigenvalue weighted by atomic mass is 35.5. The molecule has 0 bridgehead atoms. The second-order valence-corrected chi connectivity index (χ2v) is 19.7. The fraction of sp³-hybridized carbons (Fsp3) is 0.522. The first-order valence-corrected chi connectivity index (χ1v) is 22.1. The Hall–Kier alpha value is -5.59. The number of halogens is 1. The molecular weight excluding hydrogens is 808 g/mol. The van der Waals surface area contributed by atoms with Crippen molar-refractivity contribution in [2.45, 2.75) is 84.4 Å². The molecule has 1 spiro atoms. The molecule has 1 unspecified atom stereocenters. The fourth-order valence-corrected chi connectivity index (χ4v) is 11.4. The number of anilines is 2. The van der Waals surface area contributed by atoms with Gasteiger partial charge in [-0.25, -0.2) is 4.98 Å². The lowest BCUT2D eigenvalue weighted by Gasteiger charge is -2.63. The number of nitriles is 1. The first-order valence-electron chi connectivity index (χ1n) is 21.7. The molecule has 2 aromatic carbocycles. The largest absolute Gasteiger partial charge is 0.489 e. The van der Waals surface area contributed by atoms with Gasteiger partial charge in [-0.2, -0.15) is 9.94 Å². The SMILES string of the molecule is CC1(C)[C@H](NC(=O)c2ccc(N3CCC(CN4CC5(CCN(c6ccc7c(=O)n(C8CCC(=O)NC8=O)nnc7c6)CC5)C4)CC3)nc2)C(C)(C)[C@H]1Oc1ccc(C#N)c(Cl)c1. The van der Waals surface area contributed by atoms with Crippen molar-refractivity contribution < 1.29 is 19.1 Å². The summed E-state index contributed by atoms with van der Waals surface area (Å²) in [4.78, 5) is 62.7. The number of aromatic nitrogens is 4. The molecule has 1 atom stereocenters. The number of rotatable bonds is 9. The number of hydrogen-bond acceptors (Lipinski definition) is 12. The van der Waals surface area contributed by atoms with Crippen LogP contribution in [0.2, 0.25) is 5.02 Å². The highest BCUT2D eigenvalue weighted by Crippen LogP contribution is 2.55. The molecule has 15 nitrogen and oxygen atoms in total. The summed E-state index contributed by atoms with van der Waals surface area (Å²) in [6, 6.07) is 15.7. The lowest BCUT2D eigenvalue weighted by molar-refractivity contribution is -0.164. The normalized spacial score (nSPS) is 24.5. The molecule has 2 aromatic heterocycles. The number of carbonyl (C=O) groups excluding carboxylic acids is 3. The van der Waals surface area contributed by atoms with Gasteiger partial charge in [-0.3, -0.25) is 24.5 Å². The summed E-state index contributed by atoms with van der Waals surface area (Å²) in [5.41, 5.74) is 1.70. The number of ether oxygens (including phenoxy) is 1. The quantitative estimate of drug-likeness (QED) is 0.213. The lowest BCUT2D eigenvalue weighted by Crippen LogP contribution is -2.74. The van der Waals surface area contributed by atoms with Gasteiger partial charge in [-0.1, -0.05) is 44.5 Å². The maximum Gasteiger partial charge on any atom is 0.278 e. The Labute approximate surface area is 365 Å². The van der Waals surface area contributed by atoms with Crippen LogP contribution in [0.25, 0.3) is 10.9 Å². The number of imide groups is 1. The van der Waals surface area contributed by atoms with Gasteiger partial charge < -0.3 is 24.8 Å². The van der Waals surface area contributed by atoms with Crippen LogP contribution in [0.3, 0.4) is 0 Å². The van der Waals surface area contributed by atoms with Crippen LogP contribution in [0.4, 0.5) is 11.5 Å². The molecule has 5 fully saturated rings. The molecule has 6 heterocycles. The van der Waals surface area contributed by atoms with Crippen molar-refractivity contribution >= 4 is 51.7 Å². The number of nitrogens with one attached hydrogen (secondary N) is 2. The number of benzene rings is 2. The Bertz CT molecular complexity index is 2500. The van der Waals surface area contributed by atoms with E-state index in [1.165, 1.54) is 0 Å². The molecule has 1 aliphatic carbocycles. The van der Waals surface area contributed by atoms with Crippen LogP contribution in [-0.4, -0.2) is 101 Å². The van der Waals surface area contributed by atoms with E-state index in [0.717, 1.165) is 87.7 Å².